The van der Waals surface area contributed by atoms with Gasteiger partial charge in [-0.05, 0) is 51.7 Å². The van der Waals surface area contributed by atoms with Crippen LogP contribution in [-0.4, -0.2) is 29.9 Å². The fourth-order valence-electron chi connectivity index (χ4n) is 2.73. The van der Waals surface area contributed by atoms with Gasteiger partial charge in [0.2, 0.25) is 0 Å². The smallest absolute Gasteiger partial charge is 0.272 e. The Morgan fingerprint density at radius 1 is 1.29 bits per heavy atom. The molecule has 0 aliphatic rings. The lowest BCUT2D eigenvalue weighted by molar-refractivity contribution is 0.102. The number of anilines is 1. The molecule has 2 aromatic heterocycles. The van der Waals surface area contributed by atoms with Gasteiger partial charge >= 0.3 is 0 Å². The number of aromatic amines is 1. The zero-order valence-electron chi connectivity index (χ0n) is 14.2. The molecule has 0 spiro atoms. The van der Waals surface area contributed by atoms with E-state index >= 15 is 0 Å². The Bertz CT molecular complexity index is 911. The predicted octanol–water partition coefficient (Wildman–Crippen LogP) is 4.30. The first-order chi connectivity index (χ1) is 11.3. The number of hydrogen-bond acceptors (Lipinski definition) is 3. The summed E-state index contributed by atoms with van der Waals surface area (Å²) in [5.74, 6) is -0.617. The second-order valence-corrected chi connectivity index (χ2v) is 7.49. The number of nitrogens with one attached hydrogen (secondary N) is 2. The number of aromatic nitrogens is 1. The van der Waals surface area contributed by atoms with Crippen molar-refractivity contribution >= 4 is 33.1 Å². The SMILES string of the molecule is Cc1cc2[nH]c(C(=O)Nc3cc(F)ccc3C)c(CN(C)C)c2s1. The number of rotatable bonds is 4. The monoisotopic (exact) mass is 345 g/mol. The zero-order valence-corrected chi connectivity index (χ0v) is 15.0. The second kappa shape index (κ2) is 6.37. The molecule has 0 aliphatic carbocycles. The number of H-pyrrole nitrogens is 1. The molecule has 0 unspecified atom stereocenters. The highest BCUT2D eigenvalue weighted by atomic mass is 32.1. The average molecular weight is 345 g/mol. The molecule has 2 N–H and O–H groups in total. The van der Waals surface area contributed by atoms with E-state index in [-0.39, 0.29) is 11.7 Å². The van der Waals surface area contributed by atoms with E-state index in [2.05, 4.69) is 10.3 Å². The molecule has 6 heteroatoms. The number of nitrogens with zero attached hydrogens (tertiary/aromatic N) is 1. The number of fused-ring (bicyclic) bond motifs is 1. The van der Waals surface area contributed by atoms with Gasteiger partial charge in [-0.15, -0.1) is 11.3 Å². The third-order valence-electron chi connectivity index (χ3n) is 3.84. The van der Waals surface area contributed by atoms with Crippen LogP contribution >= 0.6 is 11.3 Å². The maximum absolute atomic E-state index is 13.4. The minimum absolute atomic E-state index is 0.249. The van der Waals surface area contributed by atoms with Crippen LogP contribution in [0.25, 0.3) is 10.2 Å². The van der Waals surface area contributed by atoms with Crippen LogP contribution in [0.4, 0.5) is 10.1 Å². The molecule has 24 heavy (non-hydrogen) atoms. The number of aryl methyl sites for hydroxylation is 2. The summed E-state index contributed by atoms with van der Waals surface area (Å²) in [6, 6.07) is 6.43. The van der Waals surface area contributed by atoms with Crippen molar-refractivity contribution in [3.05, 3.63) is 51.8 Å². The lowest BCUT2D eigenvalue weighted by atomic mass is 10.1. The molecule has 0 atom stereocenters. The Morgan fingerprint density at radius 3 is 2.75 bits per heavy atom. The van der Waals surface area contributed by atoms with Gasteiger partial charge in [0.25, 0.3) is 5.91 Å². The topological polar surface area (TPSA) is 48.1 Å². The van der Waals surface area contributed by atoms with E-state index in [1.165, 1.54) is 17.0 Å². The summed E-state index contributed by atoms with van der Waals surface area (Å²) in [4.78, 5) is 19.2. The molecule has 2 heterocycles. The summed E-state index contributed by atoms with van der Waals surface area (Å²) >= 11 is 1.67. The minimum Gasteiger partial charge on any atom is -0.350 e. The largest absolute Gasteiger partial charge is 0.350 e. The van der Waals surface area contributed by atoms with Gasteiger partial charge in [-0.3, -0.25) is 4.79 Å². The van der Waals surface area contributed by atoms with Gasteiger partial charge in [0.1, 0.15) is 11.5 Å². The second-order valence-electron chi connectivity index (χ2n) is 6.23. The van der Waals surface area contributed by atoms with Crippen molar-refractivity contribution in [1.82, 2.24) is 9.88 Å². The number of carbonyl (C=O) groups is 1. The van der Waals surface area contributed by atoms with Crippen LogP contribution in [-0.2, 0) is 6.54 Å². The molecule has 4 nitrogen and oxygen atoms in total. The first kappa shape index (κ1) is 16.7. The summed E-state index contributed by atoms with van der Waals surface area (Å²) in [6.07, 6.45) is 0. The van der Waals surface area contributed by atoms with Crippen LogP contribution in [0.1, 0.15) is 26.5 Å². The lowest BCUT2D eigenvalue weighted by Gasteiger charge is -2.12. The van der Waals surface area contributed by atoms with Crippen molar-refractivity contribution in [2.75, 3.05) is 19.4 Å². The Morgan fingerprint density at radius 2 is 2.04 bits per heavy atom. The minimum atomic E-state index is -0.368. The van der Waals surface area contributed by atoms with E-state index in [0.717, 1.165) is 21.3 Å². The first-order valence-electron chi connectivity index (χ1n) is 7.68. The summed E-state index contributed by atoms with van der Waals surface area (Å²) in [7, 11) is 3.94. The summed E-state index contributed by atoms with van der Waals surface area (Å²) in [6.45, 7) is 4.55. The molecular formula is C18H20FN3OS. The Balaban J connectivity index is 1.99. The number of amides is 1. The van der Waals surface area contributed by atoms with Crippen molar-refractivity contribution in [3.63, 3.8) is 0 Å². The van der Waals surface area contributed by atoms with Crippen molar-refractivity contribution in [2.24, 2.45) is 0 Å². The van der Waals surface area contributed by atoms with Crippen LogP contribution in [0.15, 0.2) is 24.3 Å². The number of benzene rings is 1. The molecule has 0 aliphatic heterocycles. The molecule has 0 fully saturated rings. The zero-order chi connectivity index (χ0) is 17.4. The Hall–Kier alpha value is -2.18. The number of carbonyl (C=O) groups excluding carboxylic acids is 1. The van der Waals surface area contributed by atoms with Gasteiger partial charge < -0.3 is 15.2 Å². The van der Waals surface area contributed by atoms with E-state index in [0.29, 0.717) is 17.9 Å². The third kappa shape index (κ3) is 3.20. The normalized spacial score (nSPS) is 11.4. The van der Waals surface area contributed by atoms with Crippen LogP contribution in [0.2, 0.25) is 0 Å². The maximum atomic E-state index is 13.4. The first-order valence-corrected chi connectivity index (χ1v) is 8.50. The van der Waals surface area contributed by atoms with Crippen LogP contribution in [0.5, 0.6) is 0 Å². The number of thiophene rings is 1. The molecule has 0 radical (unpaired) electrons. The van der Waals surface area contributed by atoms with Gasteiger partial charge in [0.15, 0.2) is 0 Å². The highest BCUT2D eigenvalue weighted by molar-refractivity contribution is 7.19. The standard InChI is InChI=1S/C18H20FN3OS/c1-10-5-6-12(19)8-14(10)21-18(23)16-13(9-22(3)4)17-15(20-16)7-11(2)24-17/h5-8,20H,9H2,1-4H3,(H,21,23). The van der Waals surface area contributed by atoms with Crippen LogP contribution < -0.4 is 5.32 Å². The van der Waals surface area contributed by atoms with Crippen molar-refractivity contribution in [3.8, 4) is 0 Å². The van der Waals surface area contributed by atoms with Crippen molar-refractivity contribution in [1.29, 1.82) is 0 Å². The third-order valence-corrected chi connectivity index (χ3v) is 4.95. The van der Waals surface area contributed by atoms with Gasteiger partial charge in [-0.2, -0.15) is 0 Å². The fraction of sp³-hybridized carbons (Fsp3) is 0.278. The molecule has 1 aromatic carbocycles. The van der Waals surface area contributed by atoms with Crippen LogP contribution in [0, 0.1) is 19.7 Å². The van der Waals surface area contributed by atoms with Gasteiger partial charge in [0.05, 0.1) is 10.2 Å². The fourth-order valence-corrected chi connectivity index (χ4v) is 3.74. The molecule has 3 rings (SSSR count). The average Bonchev–Trinajstić information content (AvgIpc) is 3.00. The van der Waals surface area contributed by atoms with Gasteiger partial charge in [-0.25, -0.2) is 4.39 Å². The highest BCUT2D eigenvalue weighted by Crippen LogP contribution is 2.32. The Labute approximate surface area is 144 Å². The molecule has 0 bridgehead atoms. The van der Waals surface area contributed by atoms with E-state index in [9.17, 15) is 9.18 Å². The molecule has 126 valence electrons. The van der Waals surface area contributed by atoms with E-state index in [4.69, 9.17) is 0 Å². The maximum Gasteiger partial charge on any atom is 0.272 e. The van der Waals surface area contributed by atoms with E-state index in [1.807, 2.05) is 38.9 Å². The Kier molecular flexibility index (Phi) is 4.43. The van der Waals surface area contributed by atoms with Gasteiger partial charge in [-0.1, -0.05) is 6.07 Å². The number of halogens is 1. The van der Waals surface area contributed by atoms with E-state index in [1.54, 1.807) is 17.4 Å². The quantitative estimate of drug-likeness (QED) is 0.741. The summed E-state index contributed by atoms with van der Waals surface area (Å²) in [5.41, 5.74) is 3.79. The summed E-state index contributed by atoms with van der Waals surface area (Å²) in [5, 5.41) is 2.82. The van der Waals surface area contributed by atoms with Crippen molar-refractivity contribution in [2.45, 2.75) is 20.4 Å². The molecule has 1 amide bonds. The molecule has 0 saturated heterocycles. The molecule has 3 aromatic rings. The predicted molar refractivity (Wildman–Crippen MR) is 97.4 cm³/mol. The van der Waals surface area contributed by atoms with Gasteiger partial charge in [0, 0.05) is 22.7 Å². The van der Waals surface area contributed by atoms with Crippen molar-refractivity contribution < 1.29 is 9.18 Å². The summed E-state index contributed by atoms with van der Waals surface area (Å²) < 4.78 is 14.5. The number of hydrogen-bond donors (Lipinski definition) is 2. The molecular weight excluding hydrogens is 325 g/mol. The lowest BCUT2D eigenvalue weighted by Crippen LogP contribution is -2.18. The van der Waals surface area contributed by atoms with E-state index < -0.39 is 0 Å². The molecule has 0 saturated carbocycles. The van der Waals surface area contributed by atoms with Crippen LogP contribution in [0.3, 0.4) is 0 Å². The highest BCUT2D eigenvalue weighted by Gasteiger charge is 2.20.